The summed E-state index contributed by atoms with van der Waals surface area (Å²) in [5.41, 5.74) is 0.322. The number of halogens is 2. The fourth-order valence-electron chi connectivity index (χ4n) is 1.90. The first-order valence-electron chi connectivity index (χ1n) is 5.63. The van der Waals surface area contributed by atoms with Crippen LogP contribution in [0.15, 0.2) is 52.9 Å². The van der Waals surface area contributed by atoms with Gasteiger partial charge in [-0.05, 0) is 36.4 Å². The van der Waals surface area contributed by atoms with Crippen LogP contribution in [-0.2, 0) is 0 Å². The van der Waals surface area contributed by atoms with E-state index >= 15 is 0 Å². The van der Waals surface area contributed by atoms with E-state index < -0.39 is 17.4 Å². The van der Waals surface area contributed by atoms with Gasteiger partial charge in [0.05, 0.1) is 5.56 Å². The molecule has 0 aliphatic rings. The molecule has 4 heteroatoms. The standard InChI is InChI=1S/C15H8F2O2/c16-10-5-6-13-9(7-10)8-14(19-13)15(18)11-3-1-2-4-12(11)17/h1-8H. The van der Waals surface area contributed by atoms with Gasteiger partial charge in [-0.15, -0.1) is 0 Å². The monoisotopic (exact) mass is 258 g/mol. The van der Waals surface area contributed by atoms with E-state index in [1.54, 1.807) is 6.07 Å². The summed E-state index contributed by atoms with van der Waals surface area (Å²) in [7, 11) is 0. The minimum atomic E-state index is -0.612. The van der Waals surface area contributed by atoms with Crippen molar-refractivity contribution in [1.82, 2.24) is 0 Å². The first-order chi connectivity index (χ1) is 9.15. The molecule has 1 aromatic heterocycles. The van der Waals surface area contributed by atoms with Crippen molar-refractivity contribution in [2.24, 2.45) is 0 Å². The van der Waals surface area contributed by atoms with Crippen LogP contribution in [0.4, 0.5) is 8.78 Å². The highest BCUT2D eigenvalue weighted by Crippen LogP contribution is 2.23. The third-order valence-electron chi connectivity index (χ3n) is 2.82. The van der Waals surface area contributed by atoms with Gasteiger partial charge in [-0.25, -0.2) is 8.78 Å². The first kappa shape index (κ1) is 11.6. The Morgan fingerprint density at radius 1 is 1.00 bits per heavy atom. The summed E-state index contributed by atoms with van der Waals surface area (Å²) < 4.78 is 31.9. The number of fused-ring (bicyclic) bond motifs is 1. The summed E-state index contributed by atoms with van der Waals surface area (Å²) >= 11 is 0. The first-order valence-corrected chi connectivity index (χ1v) is 5.63. The molecular formula is C15H8F2O2. The van der Waals surface area contributed by atoms with Crippen LogP contribution in [0, 0.1) is 11.6 Å². The SMILES string of the molecule is O=C(c1cc2cc(F)ccc2o1)c1ccccc1F. The molecule has 0 radical (unpaired) electrons. The van der Waals surface area contributed by atoms with Crippen LogP contribution in [0.5, 0.6) is 0 Å². The molecule has 0 aliphatic heterocycles. The van der Waals surface area contributed by atoms with Gasteiger partial charge in [0.1, 0.15) is 17.2 Å². The predicted molar refractivity (Wildman–Crippen MR) is 66.0 cm³/mol. The highest BCUT2D eigenvalue weighted by Gasteiger charge is 2.17. The molecule has 0 atom stereocenters. The largest absolute Gasteiger partial charge is 0.453 e. The molecule has 0 spiro atoms. The molecule has 2 nitrogen and oxygen atoms in total. The highest BCUT2D eigenvalue weighted by molar-refractivity contribution is 6.09. The Kier molecular flexibility index (Phi) is 2.63. The fourth-order valence-corrected chi connectivity index (χ4v) is 1.90. The number of carbonyl (C=O) groups is 1. The maximum atomic E-state index is 13.5. The highest BCUT2D eigenvalue weighted by atomic mass is 19.1. The molecule has 3 rings (SSSR count). The van der Waals surface area contributed by atoms with Gasteiger partial charge in [-0.1, -0.05) is 12.1 Å². The molecule has 0 amide bonds. The van der Waals surface area contributed by atoms with Crippen molar-refractivity contribution in [2.75, 3.05) is 0 Å². The van der Waals surface area contributed by atoms with E-state index in [1.165, 1.54) is 42.5 Å². The van der Waals surface area contributed by atoms with Crippen LogP contribution in [0.3, 0.4) is 0 Å². The maximum Gasteiger partial charge on any atom is 0.231 e. The average molecular weight is 258 g/mol. The zero-order chi connectivity index (χ0) is 13.4. The fraction of sp³-hybridized carbons (Fsp3) is 0. The molecule has 0 aliphatic carbocycles. The maximum absolute atomic E-state index is 13.5. The van der Waals surface area contributed by atoms with Gasteiger partial charge in [0.15, 0.2) is 5.76 Å². The van der Waals surface area contributed by atoms with Gasteiger partial charge >= 0.3 is 0 Å². The average Bonchev–Trinajstić information content (AvgIpc) is 2.81. The normalized spacial score (nSPS) is 10.8. The Labute approximate surface area is 107 Å². The summed E-state index contributed by atoms with van der Waals surface area (Å²) in [5, 5.41) is 0.472. The predicted octanol–water partition coefficient (Wildman–Crippen LogP) is 3.94. The number of carbonyl (C=O) groups excluding carboxylic acids is 1. The topological polar surface area (TPSA) is 30.2 Å². The summed E-state index contributed by atoms with van der Waals surface area (Å²) in [6.07, 6.45) is 0. The van der Waals surface area contributed by atoms with Crippen molar-refractivity contribution >= 4 is 16.8 Å². The van der Waals surface area contributed by atoms with Crippen molar-refractivity contribution in [2.45, 2.75) is 0 Å². The second kappa shape index (κ2) is 4.31. The number of ketones is 1. The lowest BCUT2D eigenvalue weighted by Gasteiger charge is -1.98. The molecule has 0 fully saturated rings. The number of rotatable bonds is 2. The molecule has 2 aromatic carbocycles. The van der Waals surface area contributed by atoms with Crippen LogP contribution >= 0.6 is 0 Å². The van der Waals surface area contributed by atoms with Crippen LogP contribution in [0.2, 0.25) is 0 Å². The van der Waals surface area contributed by atoms with Crippen LogP contribution < -0.4 is 0 Å². The zero-order valence-electron chi connectivity index (χ0n) is 9.69. The second-order valence-electron chi connectivity index (χ2n) is 4.10. The van der Waals surface area contributed by atoms with E-state index in [4.69, 9.17) is 4.42 Å². The third kappa shape index (κ3) is 2.01. The van der Waals surface area contributed by atoms with Crippen molar-refractivity contribution in [3.8, 4) is 0 Å². The summed E-state index contributed by atoms with van der Waals surface area (Å²) in [6, 6.07) is 11.0. The summed E-state index contributed by atoms with van der Waals surface area (Å²) in [4.78, 5) is 12.1. The van der Waals surface area contributed by atoms with Crippen LogP contribution in [0.1, 0.15) is 16.1 Å². The van der Waals surface area contributed by atoms with Gasteiger partial charge in [-0.3, -0.25) is 4.79 Å². The minimum absolute atomic E-state index is 0.00861. The van der Waals surface area contributed by atoms with Gasteiger partial charge in [0.2, 0.25) is 5.78 Å². The summed E-state index contributed by atoms with van der Waals surface area (Å²) in [6.45, 7) is 0. The van der Waals surface area contributed by atoms with Crippen molar-refractivity contribution < 1.29 is 18.0 Å². The smallest absolute Gasteiger partial charge is 0.231 e. The third-order valence-corrected chi connectivity index (χ3v) is 2.82. The molecule has 19 heavy (non-hydrogen) atoms. The number of hydrogen-bond acceptors (Lipinski definition) is 2. The molecule has 1 heterocycles. The second-order valence-corrected chi connectivity index (χ2v) is 4.10. The summed E-state index contributed by atoms with van der Waals surface area (Å²) in [5.74, 6) is -1.60. The Morgan fingerprint density at radius 3 is 2.58 bits per heavy atom. The van der Waals surface area contributed by atoms with E-state index in [9.17, 15) is 13.6 Å². The zero-order valence-corrected chi connectivity index (χ0v) is 9.69. The van der Waals surface area contributed by atoms with Crippen molar-refractivity contribution in [3.05, 3.63) is 71.5 Å². The molecule has 3 aromatic rings. The van der Waals surface area contributed by atoms with E-state index in [-0.39, 0.29) is 11.3 Å². The van der Waals surface area contributed by atoms with Crippen molar-refractivity contribution in [1.29, 1.82) is 0 Å². The van der Waals surface area contributed by atoms with Crippen LogP contribution in [0.25, 0.3) is 11.0 Å². The minimum Gasteiger partial charge on any atom is -0.453 e. The molecule has 0 saturated carbocycles. The van der Waals surface area contributed by atoms with E-state index in [0.717, 1.165) is 0 Å². The number of benzene rings is 2. The lowest BCUT2D eigenvalue weighted by atomic mass is 10.1. The van der Waals surface area contributed by atoms with Gasteiger partial charge in [0.25, 0.3) is 0 Å². The van der Waals surface area contributed by atoms with Gasteiger partial charge < -0.3 is 4.42 Å². The van der Waals surface area contributed by atoms with Gasteiger partial charge in [0, 0.05) is 5.39 Å². The quantitative estimate of drug-likeness (QED) is 0.652. The molecular weight excluding hydrogens is 250 g/mol. The molecule has 0 N–H and O–H groups in total. The van der Waals surface area contributed by atoms with E-state index in [0.29, 0.717) is 11.0 Å². The molecule has 0 saturated heterocycles. The van der Waals surface area contributed by atoms with Crippen LogP contribution in [-0.4, -0.2) is 5.78 Å². The Hall–Kier alpha value is -2.49. The Morgan fingerprint density at radius 2 is 1.79 bits per heavy atom. The lowest BCUT2D eigenvalue weighted by Crippen LogP contribution is -2.02. The lowest BCUT2D eigenvalue weighted by molar-refractivity contribution is 0.101. The molecule has 94 valence electrons. The van der Waals surface area contributed by atoms with Crippen molar-refractivity contribution in [3.63, 3.8) is 0 Å². The van der Waals surface area contributed by atoms with Gasteiger partial charge in [-0.2, -0.15) is 0 Å². The number of furan rings is 1. The molecule has 0 unspecified atom stereocenters. The molecule has 0 bridgehead atoms. The Balaban J connectivity index is 2.09. The van der Waals surface area contributed by atoms with E-state index in [1.807, 2.05) is 0 Å². The van der Waals surface area contributed by atoms with E-state index in [2.05, 4.69) is 0 Å². The number of hydrogen-bond donors (Lipinski definition) is 0. The Bertz CT molecular complexity index is 775.